The number of phenols is 1. The zero-order chi connectivity index (χ0) is 19.3. The fraction of sp³-hybridized carbons (Fsp3) is 0.0526. The van der Waals surface area contributed by atoms with E-state index in [2.05, 4.69) is 4.83 Å². The number of nitrogens with one attached hydrogen (secondary N) is 1. The molecule has 1 heterocycles. The second-order valence-electron chi connectivity index (χ2n) is 6.21. The molecular weight excluding hydrogens is 368 g/mol. The zero-order valence-electron chi connectivity index (χ0n) is 14.1. The van der Waals surface area contributed by atoms with Crippen molar-refractivity contribution in [3.8, 4) is 5.75 Å². The number of rotatable bonds is 3. The molecule has 0 fully saturated rings. The topological polar surface area (TPSA) is 104 Å². The molecule has 27 heavy (non-hydrogen) atoms. The van der Waals surface area contributed by atoms with Crippen LogP contribution < -0.4 is 4.83 Å². The Bertz CT molecular complexity index is 1190. The minimum atomic E-state index is -4.14. The predicted octanol–water partition coefficient (Wildman–Crippen LogP) is 2.34. The highest BCUT2D eigenvalue weighted by Crippen LogP contribution is 2.34. The van der Waals surface area contributed by atoms with Crippen LogP contribution in [0.3, 0.4) is 0 Å². The van der Waals surface area contributed by atoms with Gasteiger partial charge in [-0.05, 0) is 37.3 Å². The van der Waals surface area contributed by atoms with Gasteiger partial charge in [0.15, 0.2) is 0 Å². The van der Waals surface area contributed by atoms with E-state index in [-0.39, 0.29) is 21.8 Å². The van der Waals surface area contributed by atoms with Crippen LogP contribution >= 0.6 is 0 Å². The van der Waals surface area contributed by atoms with Gasteiger partial charge in [0, 0.05) is 10.8 Å². The first-order valence-corrected chi connectivity index (χ1v) is 9.50. The number of aromatic hydroxyl groups is 1. The van der Waals surface area contributed by atoms with Gasteiger partial charge in [-0.25, -0.2) is 8.42 Å². The summed E-state index contributed by atoms with van der Waals surface area (Å²) in [4.78, 5) is 27.6. The largest absolute Gasteiger partial charge is 0.507 e. The van der Waals surface area contributed by atoms with Gasteiger partial charge >= 0.3 is 0 Å². The first-order chi connectivity index (χ1) is 12.8. The van der Waals surface area contributed by atoms with Crippen LogP contribution in [-0.4, -0.2) is 30.3 Å². The number of amides is 2. The van der Waals surface area contributed by atoms with Crippen LogP contribution in [-0.2, 0) is 10.0 Å². The normalized spacial score (nSPS) is 14.0. The third-order valence-corrected chi connectivity index (χ3v) is 5.74. The molecule has 8 heteroatoms. The lowest BCUT2D eigenvalue weighted by molar-refractivity contribution is 0.0573. The number of nitrogens with zero attached hydrogens (tertiary/aromatic N) is 1. The summed E-state index contributed by atoms with van der Waals surface area (Å²) in [6, 6.07) is 13.3. The second-order valence-corrected chi connectivity index (χ2v) is 7.87. The van der Waals surface area contributed by atoms with Gasteiger partial charge in [0.05, 0.1) is 16.0 Å². The molecule has 1 aliphatic heterocycles. The number of carbonyl (C=O) groups is 2. The van der Waals surface area contributed by atoms with E-state index in [0.29, 0.717) is 15.8 Å². The van der Waals surface area contributed by atoms with Crippen LogP contribution in [0.2, 0.25) is 0 Å². The second kappa shape index (κ2) is 5.90. The highest BCUT2D eigenvalue weighted by molar-refractivity contribution is 7.89. The monoisotopic (exact) mass is 382 g/mol. The summed E-state index contributed by atoms with van der Waals surface area (Å²) in [5.74, 6) is -1.68. The molecule has 0 spiro atoms. The lowest BCUT2D eigenvalue weighted by Gasteiger charge is -2.27. The minimum absolute atomic E-state index is 0.0649. The highest BCUT2D eigenvalue weighted by atomic mass is 32.2. The SMILES string of the molecule is Cc1ccc(S(=O)(=O)NN2C(=O)c3cccc4c(O)ccc(c34)C2=O)cc1. The number of sulfonamides is 1. The van der Waals surface area contributed by atoms with Gasteiger partial charge in [-0.1, -0.05) is 29.8 Å². The maximum atomic E-state index is 12.8. The maximum absolute atomic E-state index is 12.8. The van der Waals surface area contributed by atoms with Crippen LogP contribution in [0.25, 0.3) is 10.8 Å². The molecular formula is C19H14N2O5S. The molecule has 0 aliphatic carbocycles. The van der Waals surface area contributed by atoms with Crippen molar-refractivity contribution in [1.82, 2.24) is 9.84 Å². The van der Waals surface area contributed by atoms with Crippen LogP contribution in [0.15, 0.2) is 59.5 Å². The maximum Gasteiger partial charge on any atom is 0.276 e. The van der Waals surface area contributed by atoms with Crippen molar-refractivity contribution in [2.45, 2.75) is 11.8 Å². The van der Waals surface area contributed by atoms with Gasteiger partial charge in [-0.15, -0.1) is 4.83 Å². The average molecular weight is 382 g/mol. The van der Waals surface area contributed by atoms with Crippen molar-refractivity contribution in [1.29, 1.82) is 0 Å². The Morgan fingerprint density at radius 1 is 0.889 bits per heavy atom. The van der Waals surface area contributed by atoms with Crippen LogP contribution in [0, 0.1) is 6.92 Å². The molecule has 3 aromatic carbocycles. The van der Waals surface area contributed by atoms with Crippen molar-refractivity contribution < 1.29 is 23.1 Å². The van der Waals surface area contributed by atoms with Crippen molar-refractivity contribution in [2.24, 2.45) is 0 Å². The average Bonchev–Trinajstić information content (AvgIpc) is 2.65. The van der Waals surface area contributed by atoms with E-state index >= 15 is 0 Å². The Hall–Kier alpha value is -3.23. The quantitative estimate of drug-likeness (QED) is 0.677. The Morgan fingerprint density at radius 2 is 1.52 bits per heavy atom. The molecule has 0 saturated carbocycles. The molecule has 0 atom stereocenters. The number of carbonyl (C=O) groups excluding carboxylic acids is 2. The van der Waals surface area contributed by atoms with E-state index in [0.717, 1.165) is 5.56 Å². The fourth-order valence-corrected chi connectivity index (χ4v) is 4.06. The summed E-state index contributed by atoms with van der Waals surface area (Å²) in [7, 11) is -4.14. The Balaban J connectivity index is 1.80. The summed E-state index contributed by atoms with van der Waals surface area (Å²) in [6.45, 7) is 1.81. The van der Waals surface area contributed by atoms with Crippen molar-refractivity contribution in [2.75, 3.05) is 0 Å². The molecule has 0 unspecified atom stereocenters. The van der Waals surface area contributed by atoms with E-state index in [1.165, 1.54) is 30.3 Å². The number of aryl methyl sites for hydroxylation is 1. The smallest absolute Gasteiger partial charge is 0.276 e. The molecule has 2 amide bonds. The molecule has 0 radical (unpaired) electrons. The summed E-state index contributed by atoms with van der Waals surface area (Å²) in [6.07, 6.45) is 0. The Kier molecular flexibility index (Phi) is 3.76. The van der Waals surface area contributed by atoms with Crippen molar-refractivity contribution in [3.63, 3.8) is 0 Å². The molecule has 136 valence electrons. The van der Waals surface area contributed by atoms with E-state index in [4.69, 9.17) is 0 Å². The standard InChI is InChI=1S/C19H14N2O5S/c1-11-5-7-12(8-6-11)27(25,26)20-21-18(23)14-4-2-3-13-16(22)10-9-15(17(13)14)19(21)24/h2-10,20,22H,1H3. The number of hydrazine groups is 1. The molecule has 1 aliphatic rings. The van der Waals surface area contributed by atoms with Gasteiger partial charge in [-0.3, -0.25) is 9.59 Å². The van der Waals surface area contributed by atoms with E-state index in [9.17, 15) is 23.1 Å². The number of benzene rings is 3. The molecule has 4 rings (SSSR count). The number of phenolic OH excluding ortho intramolecular Hbond substituents is 1. The third-order valence-electron chi connectivity index (χ3n) is 4.43. The van der Waals surface area contributed by atoms with Gasteiger partial charge in [-0.2, -0.15) is 5.01 Å². The first-order valence-electron chi connectivity index (χ1n) is 8.02. The lowest BCUT2D eigenvalue weighted by Crippen LogP contribution is -2.51. The van der Waals surface area contributed by atoms with Crippen LogP contribution in [0.1, 0.15) is 26.3 Å². The third kappa shape index (κ3) is 2.66. The molecule has 0 aromatic heterocycles. The van der Waals surface area contributed by atoms with Gasteiger partial charge in [0.2, 0.25) is 0 Å². The Morgan fingerprint density at radius 3 is 2.19 bits per heavy atom. The van der Waals surface area contributed by atoms with Gasteiger partial charge < -0.3 is 5.11 Å². The van der Waals surface area contributed by atoms with Gasteiger partial charge in [0.1, 0.15) is 5.75 Å². The van der Waals surface area contributed by atoms with E-state index in [1.54, 1.807) is 24.3 Å². The number of hydrogen-bond acceptors (Lipinski definition) is 5. The highest BCUT2D eigenvalue weighted by Gasteiger charge is 2.36. The molecule has 0 saturated heterocycles. The Labute approximate surface area is 154 Å². The van der Waals surface area contributed by atoms with Crippen LogP contribution in [0.5, 0.6) is 5.75 Å². The summed E-state index contributed by atoms with van der Waals surface area (Å²) < 4.78 is 25.2. The van der Waals surface area contributed by atoms with E-state index in [1.807, 2.05) is 6.92 Å². The van der Waals surface area contributed by atoms with Crippen LogP contribution in [0.4, 0.5) is 0 Å². The molecule has 3 aromatic rings. The summed E-state index contributed by atoms with van der Waals surface area (Å²) in [5.41, 5.74) is 1.13. The minimum Gasteiger partial charge on any atom is -0.507 e. The summed E-state index contributed by atoms with van der Waals surface area (Å²) in [5, 5.41) is 11.1. The number of imide groups is 1. The first kappa shape index (κ1) is 17.2. The fourth-order valence-electron chi connectivity index (χ4n) is 3.05. The number of hydrogen-bond donors (Lipinski definition) is 2. The van der Waals surface area contributed by atoms with Gasteiger partial charge in [0.25, 0.3) is 21.8 Å². The molecule has 0 bridgehead atoms. The zero-order valence-corrected chi connectivity index (χ0v) is 14.9. The predicted molar refractivity (Wildman–Crippen MR) is 97.6 cm³/mol. The molecule has 2 N–H and O–H groups in total. The summed E-state index contributed by atoms with van der Waals surface area (Å²) >= 11 is 0. The van der Waals surface area contributed by atoms with Crippen molar-refractivity contribution in [3.05, 3.63) is 71.3 Å². The van der Waals surface area contributed by atoms with E-state index < -0.39 is 21.8 Å². The lowest BCUT2D eigenvalue weighted by atomic mass is 9.94. The molecule has 7 nitrogen and oxygen atoms in total. The van der Waals surface area contributed by atoms with Crippen molar-refractivity contribution >= 4 is 32.6 Å².